The molecule has 4 heterocycles. The van der Waals surface area contributed by atoms with E-state index in [4.69, 9.17) is 18.9 Å². The molecule has 0 bridgehead atoms. The van der Waals surface area contributed by atoms with Crippen LogP contribution in [0.1, 0.15) is 302 Å². The molecule has 4 aliphatic heterocycles. The van der Waals surface area contributed by atoms with Gasteiger partial charge in [0.2, 0.25) is 0 Å². The van der Waals surface area contributed by atoms with Crippen LogP contribution in [0.4, 0.5) is 0 Å². The number of aliphatic hydroxyl groups is 1. The first-order valence-corrected chi connectivity index (χ1v) is 43.4. The third kappa shape index (κ3) is 27.2. The zero-order valence-corrected chi connectivity index (χ0v) is 76.0. The van der Waals surface area contributed by atoms with Gasteiger partial charge in [-0.1, -0.05) is 124 Å². The summed E-state index contributed by atoms with van der Waals surface area (Å²) in [4.78, 5) is 50.8. The molecule has 0 saturated carbocycles. The molecule has 0 aliphatic carbocycles. The van der Waals surface area contributed by atoms with Crippen molar-refractivity contribution in [2.45, 2.75) is 249 Å². The van der Waals surface area contributed by atoms with Gasteiger partial charge in [0.05, 0.1) is 31.3 Å². The minimum Gasteiger partial charge on any atom is -0.508 e. The molecule has 4 aliphatic rings. The van der Waals surface area contributed by atoms with E-state index < -0.39 is 30.0 Å². The van der Waals surface area contributed by atoms with Gasteiger partial charge in [-0.05, 0) is 257 Å². The number of Topliss-reactive ketones (excluding diaryl/α,β-unsaturated/α-hetero) is 4. The lowest BCUT2D eigenvalue weighted by molar-refractivity contribution is 0.0688. The molecule has 22 heteroatoms. The second kappa shape index (κ2) is 44.4. The quantitative estimate of drug-likeness (QED) is 0.0168. The zero-order valence-electron chi connectivity index (χ0n) is 76.0. The number of phenolic OH excluding ortho intramolecular Hbond substituents is 13. The van der Waals surface area contributed by atoms with Crippen molar-refractivity contribution in [3.8, 4) is 97.7 Å². The molecule has 0 saturated heterocycles. The normalized spacial score (nSPS) is 15.9. The Morgan fingerprint density at radius 2 is 0.711 bits per heavy atom. The molecule has 128 heavy (non-hydrogen) atoms. The van der Waals surface area contributed by atoms with Gasteiger partial charge in [-0.25, -0.2) is 0 Å². The van der Waals surface area contributed by atoms with E-state index in [9.17, 15) is 90.7 Å². The summed E-state index contributed by atoms with van der Waals surface area (Å²) in [7, 11) is 0. The van der Waals surface area contributed by atoms with Gasteiger partial charge < -0.3 is 90.4 Å². The van der Waals surface area contributed by atoms with Gasteiger partial charge >= 0.3 is 0 Å². The maximum atomic E-state index is 13.1. The maximum Gasteiger partial charge on any atom is 0.174 e. The zero-order chi connectivity index (χ0) is 93.9. The number of phenols is 13. The lowest BCUT2D eigenvalue weighted by atomic mass is 9.89. The minimum atomic E-state index is -0.742. The molecule has 14 N–H and O–H groups in total. The Bertz CT molecular complexity index is 5700. The molecule has 0 unspecified atom stereocenters. The summed E-state index contributed by atoms with van der Waals surface area (Å²) in [5.74, 6) is -3.15. The van der Waals surface area contributed by atoms with Crippen LogP contribution in [0.5, 0.6) is 97.7 Å². The number of ether oxygens (including phenoxy) is 4. The molecule has 0 radical (unpaired) electrons. The number of fused-ring (bicyclic) bond motifs is 4. The van der Waals surface area contributed by atoms with Crippen LogP contribution >= 0.6 is 0 Å². The van der Waals surface area contributed by atoms with Gasteiger partial charge in [-0.3, -0.25) is 19.2 Å². The largest absolute Gasteiger partial charge is 0.508 e. The second-order valence-corrected chi connectivity index (χ2v) is 35.3. The SMILES string of the molecule is C/C(=C\Cc1cc([C@@H]2CC(=O)c3c(O)cc(O)cc3O2)ccc1O)CCCC(C)(C)O.CC(C)=CCC/C(C)=C/Cc1c([C@@H]2CC(=O)c3c(cc(O)c(CC=C(C)C)c3O)O2)ccc(O)c1O.CC(C)=CCC/C(C)=C/Cc1cc([C@@H]2CC(=O)c3c(O)cc(O)cc3O2)cc(O)c1O.CC(C)=CCC/C(C)=C/Cc1cc([C@@H]2CC(=O)c3c(O)cc(O)cc3O2)ccc1C. The summed E-state index contributed by atoms with van der Waals surface area (Å²) in [6, 6.07) is 26.1. The Morgan fingerprint density at radius 3 is 1.18 bits per heavy atom. The van der Waals surface area contributed by atoms with Crippen molar-refractivity contribution in [2.24, 2.45) is 0 Å². The monoisotopic (exact) mass is 1750 g/mol. The molecule has 22 nitrogen and oxygen atoms in total. The van der Waals surface area contributed by atoms with E-state index in [1.54, 1.807) is 38.1 Å². The van der Waals surface area contributed by atoms with Crippen LogP contribution < -0.4 is 18.9 Å². The molecular weight excluding hydrogens is 1630 g/mol. The Labute approximate surface area is 750 Å². The summed E-state index contributed by atoms with van der Waals surface area (Å²) in [6.07, 6.45) is 25.1. The van der Waals surface area contributed by atoms with Crippen molar-refractivity contribution in [3.05, 3.63) is 274 Å². The summed E-state index contributed by atoms with van der Waals surface area (Å²) < 4.78 is 23.8. The number of benzene rings is 8. The molecule has 0 amide bonds. The van der Waals surface area contributed by atoms with Crippen molar-refractivity contribution >= 4 is 23.1 Å². The fraction of sp³-hybridized carbons (Fsp3) is 0.358. The van der Waals surface area contributed by atoms with Crippen LogP contribution in [-0.2, 0) is 32.1 Å². The average molecular weight is 1750 g/mol. The van der Waals surface area contributed by atoms with Gasteiger partial charge in [0.25, 0.3) is 0 Å². The van der Waals surface area contributed by atoms with Crippen LogP contribution in [-0.4, -0.2) is 100 Å². The molecule has 12 rings (SSSR count). The number of ketones is 4. The molecule has 0 spiro atoms. The van der Waals surface area contributed by atoms with Crippen LogP contribution in [0.2, 0.25) is 0 Å². The van der Waals surface area contributed by atoms with Gasteiger partial charge in [0, 0.05) is 64.7 Å². The predicted octanol–water partition coefficient (Wildman–Crippen LogP) is 23.7. The molecule has 8 aromatic rings. The molecule has 4 atom stereocenters. The summed E-state index contributed by atoms with van der Waals surface area (Å²) in [6.45, 7) is 30.2. The van der Waals surface area contributed by atoms with Crippen molar-refractivity contribution in [2.75, 3.05) is 0 Å². The van der Waals surface area contributed by atoms with Crippen LogP contribution in [0, 0.1) is 6.92 Å². The molecule has 0 aromatic heterocycles. The van der Waals surface area contributed by atoms with E-state index in [1.165, 1.54) is 81.0 Å². The summed E-state index contributed by atoms with van der Waals surface area (Å²) in [5, 5.41) is 142. The Morgan fingerprint density at radius 1 is 0.336 bits per heavy atom. The van der Waals surface area contributed by atoms with Crippen LogP contribution in [0.15, 0.2) is 196 Å². The number of carbonyl (C=O) groups excluding carboxylic acids is 4. The third-order valence-corrected chi connectivity index (χ3v) is 22.7. The summed E-state index contributed by atoms with van der Waals surface area (Å²) in [5.41, 5.74) is 16.6. The number of carbonyl (C=O) groups is 4. The Hall–Kier alpha value is -13.1. The smallest absolute Gasteiger partial charge is 0.174 e. The lowest BCUT2D eigenvalue weighted by Gasteiger charge is -2.28. The maximum absolute atomic E-state index is 13.1. The minimum absolute atomic E-state index is 0.0344. The van der Waals surface area contributed by atoms with Gasteiger partial charge in [-0.2, -0.15) is 0 Å². The molecular formula is C106H124O22. The van der Waals surface area contributed by atoms with E-state index in [0.29, 0.717) is 47.9 Å². The Kier molecular flexibility index (Phi) is 34.2. The first-order valence-electron chi connectivity index (χ1n) is 43.4. The first kappa shape index (κ1) is 98.7. The number of aryl methyl sites for hydroxylation is 1. The summed E-state index contributed by atoms with van der Waals surface area (Å²) >= 11 is 0. The molecule has 680 valence electrons. The van der Waals surface area contributed by atoms with Crippen LogP contribution in [0.3, 0.4) is 0 Å². The third-order valence-electron chi connectivity index (χ3n) is 22.7. The number of aromatic hydroxyl groups is 13. The van der Waals surface area contributed by atoms with E-state index in [1.807, 2.05) is 65.0 Å². The van der Waals surface area contributed by atoms with E-state index in [0.717, 1.165) is 110 Å². The highest BCUT2D eigenvalue weighted by atomic mass is 16.5. The fourth-order valence-electron chi connectivity index (χ4n) is 15.4. The van der Waals surface area contributed by atoms with Gasteiger partial charge in [0.15, 0.2) is 46.1 Å². The lowest BCUT2D eigenvalue weighted by Crippen LogP contribution is -2.22. The van der Waals surface area contributed by atoms with Gasteiger partial charge in [0.1, 0.15) is 121 Å². The number of allylic oxidation sites excluding steroid dienone is 16. The predicted molar refractivity (Wildman–Crippen MR) is 496 cm³/mol. The Balaban J connectivity index is 0.000000193. The highest BCUT2D eigenvalue weighted by Crippen LogP contribution is 2.50. The topological polar surface area (TPSA) is 388 Å². The van der Waals surface area contributed by atoms with E-state index >= 15 is 0 Å². The van der Waals surface area contributed by atoms with Crippen molar-refractivity contribution in [3.63, 3.8) is 0 Å². The van der Waals surface area contributed by atoms with E-state index in [2.05, 4.69) is 97.9 Å². The molecule has 8 aromatic carbocycles. The number of hydrogen-bond donors (Lipinski definition) is 14. The average Bonchev–Trinajstić information content (AvgIpc) is 0.764. The van der Waals surface area contributed by atoms with Crippen molar-refractivity contribution in [1.82, 2.24) is 0 Å². The first-order chi connectivity index (χ1) is 60.4. The van der Waals surface area contributed by atoms with Crippen molar-refractivity contribution < 1.29 is 110 Å². The fourth-order valence-corrected chi connectivity index (χ4v) is 15.4. The van der Waals surface area contributed by atoms with Gasteiger partial charge in [-0.15, -0.1) is 0 Å². The highest BCUT2D eigenvalue weighted by Gasteiger charge is 2.37. The van der Waals surface area contributed by atoms with Crippen molar-refractivity contribution in [1.29, 1.82) is 0 Å². The second-order valence-electron chi connectivity index (χ2n) is 35.3. The standard InChI is InChI=1S/C30H36O6.C26H30O4.C25H30O6.C25H28O6/c1-17(2)7-6-8-19(5)10-12-21-20(13-14-23(31)29(21)34)26-16-25(33)28-27(36-26)15-24(32)22(30(28)35)11-9-18(3)4;1-16(2)6-5-7-17(3)8-10-19-12-20(11-9-18(19)4)24-15-23(29)26-22(28)13-21(27)14-25(26)30-24;1-15(5-4-10-25(2,3)30)6-7-16-11-17(8-9-19(16)27)22-14-21(29)24-20(28)12-18(26)13-23(24)31-22;1-14(2)5-4-6-15(3)7-8-16-9-17(10-21(29)25(16)30)22-13-20(28)24-19(27)11-18(26)12-23(24)31-22/h7,9-10,13-15,26,31-32,34-35H,6,8,11-12,16H2,1-5H3;6,8-9,11-14,24,27-28H,5,7,10,15H2,1-4H3;6,8-9,11-13,22,26-28,30H,4-5,7,10,14H2,1-3H3;5,7,9-12,22,26-27,29-30H,4,6,8,13H2,1-3H3/b19-10+;17-8+;15-6+;15-7+/t26-;24-;2*22-/m0000/s1. The highest BCUT2D eigenvalue weighted by molar-refractivity contribution is 6.05. The number of hydrogen-bond acceptors (Lipinski definition) is 22. The number of rotatable bonds is 27. The van der Waals surface area contributed by atoms with E-state index in [-0.39, 0.29) is 174 Å². The van der Waals surface area contributed by atoms with Crippen LogP contribution in [0.25, 0.3) is 0 Å². The molecule has 0 fully saturated rings.